The van der Waals surface area contributed by atoms with Gasteiger partial charge in [0.05, 0.1) is 22.8 Å². The molecule has 1 N–H and O–H groups in total. The van der Waals surface area contributed by atoms with Crippen LogP contribution in [0.4, 0.5) is 0 Å². The topological polar surface area (TPSA) is 116 Å². The van der Waals surface area contributed by atoms with E-state index < -0.39 is 16.1 Å². The lowest BCUT2D eigenvalue weighted by Crippen LogP contribution is -2.46. The summed E-state index contributed by atoms with van der Waals surface area (Å²) in [6.45, 7) is 6.26. The molecule has 1 unspecified atom stereocenters. The number of hydrazone groups is 1. The van der Waals surface area contributed by atoms with E-state index in [0.29, 0.717) is 56.2 Å². The van der Waals surface area contributed by atoms with Gasteiger partial charge in [0, 0.05) is 33.2 Å². The zero-order valence-corrected chi connectivity index (χ0v) is 19.4. The largest absolute Gasteiger partial charge is 0.493 e. The molecule has 0 spiro atoms. The van der Waals surface area contributed by atoms with Gasteiger partial charge in [0.2, 0.25) is 10.0 Å². The third-order valence-electron chi connectivity index (χ3n) is 5.58. The van der Waals surface area contributed by atoms with Crippen LogP contribution in [-0.4, -0.2) is 86.8 Å². The molecule has 0 saturated carbocycles. The van der Waals surface area contributed by atoms with E-state index in [1.165, 1.54) is 16.4 Å². The molecule has 3 aliphatic rings. The van der Waals surface area contributed by atoms with Gasteiger partial charge in [-0.3, -0.25) is 9.80 Å². The first-order valence-corrected chi connectivity index (χ1v) is 12.3. The molecule has 1 saturated heterocycles. The Kier molecular flexibility index (Phi) is 6.40. The number of nitrogens with one attached hydrogen (secondary N) is 1. The molecular formula is C21H28N6O4S. The summed E-state index contributed by atoms with van der Waals surface area (Å²) in [5.41, 5.74) is 1.71. The Balaban J connectivity index is 1.77. The Bertz CT molecular complexity index is 1110. The van der Waals surface area contributed by atoms with Gasteiger partial charge in [-0.05, 0) is 31.5 Å². The van der Waals surface area contributed by atoms with Crippen LogP contribution in [0.15, 0.2) is 38.2 Å². The van der Waals surface area contributed by atoms with Crippen molar-refractivity contribution in [1.82, 2.24) is 14.6 Å². The summed E-state index contributed by atoms with van der Waals surface area (Å²) in [6, 6.07) is 4.01. The monoisotopic (exact) mass is 460 g/mol. The highest BCUT2D eigenvalue weighted by Gasteiger charge is 2.40. The molecule has 0 bridgehead atoms. The van der Waals surface area contributed by atoms with Crippen LogP contribution in [0.25, 0.3) is 0 Å². The van der Waals surface area contributed by atoms with Gasteiger partial charge in [-0.25, -0.2) is 13.4 Å². The number of hydrogen-bond acceptors (Lipinski definition) is 8. The Hall–Kier alpha value is -2.63. The fourth-order valence-electron chi connectivity index (χ4n) is 4.04. The van der Waals surface area contributed by atoms with Crippen LogP contribution in [-0.2, 0) is 14.8 Å². The maximum Gasteiger partial charge on any atom is 0.278 e. The third-order valence-corrected chi connectivity index (χ3v) is 7.47. The number of sulfonamides is 1. The van der Waals surface area contributed by atoms with Crippen LogP contribution < -0.4 is 10.1 Å². The zero-order chi connectivity index (χ0) is 22.9. The highest BCUT2D eigenvalue weighted by Crippen LogP contribution is 2.29. The predicted molar refractivity (Wildman–Crippen MR) is 122 cm³/mol. The summed E-state index contributed by atoms with van der Waals surface area (Å²) in [7, 11) is -1.97. The Morgan fingerprint density at radius 2 is 1.94 bits per heavy atom. The summed E-state index contributed by atoms with van der Waals surface area (Å²) in [4.78, 5) is 21.9. The Morgan fingerprint density at radius 3 is 2.62 bits per heavy atom. The second kappa shape index (κ2) is 9.08. The van der Waals surface area contributed by atoms with Crippen LogP contribution >= 0.6 is 0 Å². The Morgan fingerprint density at radius 1 is 1.19 bits per heavy atom. The molecule has 1 aromatic rings. The summed E-state index contributed by atoms with van der Waals surface area (Å²) < 4.78 is 33.6. The van der Waals surface area contributed by atoms with E-state index in [9.17, 15) is 13.2 Å². The molecule has 172 valence electrons. The summed E-state index contributed by atoms with van der Waals surface area (Å²) in [6.07, 6.45) is 1.55. The average molecular weight is 461 g/mol. The van der Waals surface area contributed by atoms with Crippen molar-refractivity contribution in [2.75, 3.05) is 39.8 Å². The number of aliphatic imine (C=N–C) groups is 2. The third kappa shape index (κ3) is 4.07. The molecule has 4 rings (SSSR count). The number of amides is 1. The van der Waals surface area contributed by atoms with Crippen molar-refractivity contribution in [1.29, 1.82) is 0 Å². The van der Waals surface area contributed by atoms with Gasteiger partial charge in [0.1, 0.15) is 11.5 Å². The number of likely N-dealkylation sites (N-methyl/N-ethyl adjacent to an activating group) is 1. The molecule has 11 heteroatoms. The maximum atomic E-state index is 13.2. The van der Waals surface area contributed by atoms with Crippen molar-refractivity contribution in [3.63, 3.8) is 0 Å². The lowest BCUT2D eigenvalue weighted by atomic mass is 10.0. The number of piperazine rings is 1. The Labute approximate surface area is 188 Å². The molecular weight excluding hydrogens is 432 g/mol. The second-order valence-corrected chi connectivity index (χ2v) is 9.73. The van der Waals surface area contributed by atoms with Gasteiger partial charge in [-0.1, -0.05) is 13.3 Å². The summed E-state index contributed by atoms with van der Waals surface area (Å²) in [5, 5.41) is 9.20. The van der Waals surface area contributed by atoms with E-state index in [0.717, 1.165) is 12.1 Å². The highest BCUT2D eigenvalue weighted by molar-refractivity contribution is 7.89. The maximum absolute atomic E-state index is 13.2. The van der Waals surface area contributed by atoms with Crippen molar-refractivity contribution < 1.29 is 17.9 Å². The molecule has 1 amide bonds. The minimum atomic E-state index is -3.70. The first-order valence-electron chi connectivity index (χ1n) is 10.9. The molecule has 32 heavy (non-hydrogen) atoms. The van der Waals surface area contributed by atoms with Gasteiger partial charge < -0.3 is 10.1 Å². The SMILES string of the molecule is CCCC1=NN(C)C2C(=O)N=C(c3cc(S(=O)(=O)N4CCNCC4)ccc3OCC)N=C12. The number of carbonyl (C=O) groups excluding carboxylic acids is 1. The van der Waals surface area contributed by atoms with Crippen molar-refractivity contribution in [2.45, 2.75) is 37.6 Å². The molecule has 10 nitrogen and oxygen atoms in total. The lowest BCUT2D eigenvalue weighted by molar-refractivity contribution is -0.120. The minimum Gasteiger partial charge on any atom is -0.493 e. The zero-order valence-electron chi connectivity index (χ0n) is 18.5. The molecule has 1 aromatic carbocycles. The number of ether oxygens (including phenoxy) is 1. The van der Waals surface area contributed by atoms with Crippen LogP contribution in [0, 0.1) is 0 Å². The molecule has 0 aliphatic carbocycles. The molecule has 1 atom stereocenters. The van der Waals surface area contributed by atoms with Crippen LogP contribution in [0.1, 0.15) is 32.3 Å². The van der Waals surface area contributed by atoms with E-state index in [1.807, 2.05) is 13.8 Å². The van der Waals surface area contributed by atoms with E-state index in [1.54, 1.807) is 18.1 Å². The number of benzene rings is 1. The van der Waals surface area contributed by atoms with Crippen LogP contribution in [0.2, 0.25) is 0 Å². The fourth-order valence-corrected chi connectivity index (χ4v) is 5.50. The van der Waals surface area contributed by atoms with Crippen molar-refractivity contribution in [2.24, 2.45) is 15.1 Å². The van der Waals surface area contributed by atoms with Gasteiger partial charge in [-0.15, -0.1) is 0 Å². The molecule has 3 heterocycles. The number of rotatable bonds is 7. The minimum absolute atomic E-state index is 0.126. The van der Waals surface area contributed by atoms with Crippen molar-refractivity contribution in [3.8, 4) is 5.75 Å². The standard InChI is InChI=1S/C21H28N6O4S/c1-4-6-16-18-19(26(3)25-16)21(28)24-20(23-18)15-13-14(7-8-17(15)31-5-2)32(29,30)27-11-9-22-10-12-27/h7-8,13,19,22H,4-6,9-12H2,1-3H3. The smallest absolute Gasteiger partial charge is 0.278 e. The average Bonchev–Trinajstić information content (AvgIpc) is 3.10. The molecule has 0 radical (unpaired) electrons. The van der Waals surface area contributed by atoms with E-state index >= 15 is 0 Å². The van der Waals surface area contributed by atoms with Crippen LogP contribution in [0.3, 0.4) is 0 Å². The van der Waals surface area contributed by atoms with Gasteiger partial charge in [0.15, 0.2) is 11.9 Å². The summed E-state index contributed by atoms with van der Waals surface area (Å²) in [5.74, 6) is 0.211. The summed E-state index contributed by atoms with van der Waals surface area (Å²) >= 11 is 0. The molecule has 1 fully saturated rings. The quantitative estimate of drug-likeness (QED) is 0.646. The number of amidine groups is 1. The normalized spacial score (nSPS) is 21.7. The van der Waals surface area contributed by atoms with Gasteiger partial charge in [-0.2, -0.15) is 14.4 Å². The number of nitrogens with zero attached hydrogens (tertiary/aromatic N) is 5. The first kappa shape index (κ1) is 22.6. The van der Waals surface area contributed by atoms with Gasteiger partial charge in [0.25, 0.3) is 5.91 Å². The number of carbonyl (C=O) groups is 1. The van der Waals surface area contributed by atoms with E-state index in [2.05, 4.69) is 20.4 Å². The van der Waals surface area contributed by atoms with Gasteiger partial charge >= 0.3 is 0 Å². The van der Waals surface area contributed by atoms with Crippen LogP contribution in [0.5, 0.6) is 5.75 Å². The lowest BCUT2D eigenvalue weighted by Gasteiger charge is -2.27. The second-order valence-electron chi connectivity index (χ2n) is 7.79. The predicted octanol–water partition coefficient (Wildman–Crippen LogP) is 0.877. The van der Waals surface area contributed by atoms with Crippen molar-refractivity contribution in [3.05, 3.63) is 23.8 Å². The van der Waals surface area contributed by atoms with E-state index in [-0.39, 0.29) is 16.6 Å². The fraction of sp³-hybridized carbons (Fsp3) is 0.524. The van der Waals surface area contributed by atoms with E-state index in [4.69, 9.17) is 4.74 Å². The number of fused-ring (bicyclic) bond motifs is 1. The molecule has 0 aromatic heterocycles. The van der Waals surface area contributed by atoms with Crippen molar-refractivity contribution >= 4 is 33.2 Å². The number of hydrogen-bond donors (Lipinski definition) is 1. The molecule has 3 aliphatic heterocycles. The first-order chi connectivity index (χ1) is 15.4. The highest BCUT2D eigenvalue weighted by atomic mass is 32.2.